The van der Waals surface area contributed by atoms with E-state index in [4.69, 9.17) is 0 Å². The van der Waals surface area contributed by atoms with Gasteiger partial charge in [-0.15, -0.1) is 0 Å². The lowest BCUT2D eigenvalue weighted by Gasteiger charge is -2.05. The summed E-state index contributed by atoms with van der Waals surface area (Å²) >= 11 is 3.13. The standard InChI is InChI=1S/C15H11BrN2O3/c16-15-12(7-4-8-13(15)18(20)21)17-14(19)10-9-11-5-2-1-3-6-11/h1-10H,(H,17,19). The number of carbonyl (C=O) groups excluding carboxylic acids is 1. The molecule has 1 amide bonds. The van der Waals surface area contributed by atoms with Crippen molar-refractivity contribution in [2.24, 2.45) is 0 Å². The summed E-state index contributed by atoms with van der Waals surface area (Å²) in [6, 6.07) is 13.8. The van der Waals surface area contributed by atoms with E-state index in [1.165, 1.54) is 18.2 Å². The molecule has 0 unspecified atom stereocenters. The van der Waals surface area contributed by atoms with Crippen molar-refractivity contribution in [3.63, 3.8) is 0 Å². The Morgan fingerprint density at radius 2 is 1.86 bits per heavy atom. The summed E-state index contributed by atoms with van der Waals surface area (Å²) in [5.41, 5.74) is 1.15. The molecule has 5 nitrogen and oxygen atoms in total. The molecule has 0 atom stereocenters. The minimum atomic E-state index is -0.514. The summed E-state index contributed by atoms with van der Waals surface area (Å²) in [7, 11) is 0. The molecule has 0 saturated carbocycles. The predicted molar refractivity (Wildman–Crippen MR) is 84.9 cm³/mol. The van der Waals surface area contributed by atoms with Gasteiger partial charge in [0.2, 0.25) is 5.91 Å². The first-order chi connectivity index (χ1) is 10.1. The second-order valence-electron chi connectivity index (χ2n) is 4.13. The van der Waals surface area contributed by atoms with E-state index in [0.717, 1.165) is 5.56 Å². The van der Waals surface area contributed by atoms with Gasteiger partial charge in [-0.3, -0.25) is 14.9 Å². The van der Waals surface area contributed by atoms with Gasteiger partial charge in [-0.25, -0.2) is 0 Å². The zero-order chi connectivity index (χ0) is 15.2. The normalized spacial score (nSPS) is 10.5. The first kappa shape index (κ1) is 14.9. The van der Waals surface area contributed by atoms with E-state index in [9.17, 15) is 14.9 Å². The first-order valence-corrected chi connectivity index (χ1v) is 6.84. The lowest BCUT2D eigenvalue weighted by atomic mass is 10.2. The van der Waals surface area contributed by atoms with Crippen molar-refractivity contribution in [2.45, 2.75) is 0 Å². The van der Waals surface area contributed by atoms with Crippen LogP contribution in [0.1, 0.15) is 5.56 Å². The number of rotatable bonds is 4. The molecule has 0 heterocycles. The number of hydrogen-bond acceptors (Lipinski definition) is 3. The van der Waals surface area contributed by atoms with Gasteiger partial charge in [-0.1, -0.05) is 36.4 Å². The molecule has 0 aliphatic heterocycles. The highest BCUT2D eigenvalue weighted by Crippen LogP contribution is 2.31. The molecule has 0 aromatic heterocycles. The third-order valence-electron chi connectivity index (χ3n) is 2.66. The molecule has 106 valence electrons. The third-order valence-corrected chi connectivity index (χ3v) is 3.49. The van der Waals surface area contributed by atoms with E-state index in [-0.39, 0.29) is 16.1 Å². The van der Waals surface area contributed by atoms with Crippen molar-refractivity contribution in [3.05, 3.63) is 74.8 Å². The zero-order valence-corrected chi connectivity index (χ0v) is 12.4. The molecule has 6 heteroatoms. The van der Waals surface area contributed by atoms with Gasteiger partial charge in [0.1, 0.15) is 4.47 Å². The van der Waals surface area contributed by atoms with Crippen LogP contribution in [-0.4, -0.2) is 10.8 Å². The maximum atomic E-state index is 11.8. The van der Waals surface area contributed by atoms with E-state index in [1.54, 1.807) is 12.1 Å². The molecule has 1 N–H and O–H groups in total. The third kappa shape index (κ3) is 4.00. The molecule has 2 rings (SSSR count). The summed E-state index contributed by atoms with van der Waals surface area (Å²) in [5, 5.41) is 13.4. The van der Waals surface area contributed by atoms with E-state index in [1.807, 2.05) is 30.3 Å². The Kier molecular flexibility index (Phi) is 4.84. The van der Waals surface area contributed by atoms with Crippen molar-refractivity contribution in [1.82, 2.24) is 0 Å². The maximum absolute atomic E-state index is 11.8. The molecular formula is C15H11BrN2O3. The van der Waals surface area contributed by atoms with Crippen LogP contribution in [-0.2, 0) is 4.79 Å². The van der Waals surface area contributed by atoms with Crippen molar-refractivity contribution >= 4 is 39.3 Å². The van der Waals surface area contributed by atoms with Gasteiger partial charge in [0, 0.05) is 12.1 Å². The number of halogens is 1. The Labute approximate surface area is 129 Å². The van der Waals surface area contributed by atoms with Crippen molar-refractivity contribution < 1.29 is 9.72 Å². The number of benzene rings is 2. The number of carbonyl (C=O) groups is 1. The predicted octanol–water partition coefficient (Wildman–Crippen LogP) is 4.01. The summed E-state index contributed by atoms with van der Waals surface area (Å²) in [6.45, 7) is 0. The van der Waals surface area contributed by atoms with E-state index >= 15 is 0 Å². The van der Waals surface area contributed by atoms with Crippen LogP contribution >= 0.6 is 15.9 Å². The number of hydrogen-bond donors (Lipinski definition) is 1. The highest BCUT2D eigenvalue weighted by Gasteiger charge is 2.15. The SMILES string of the molecule is O=C(C=Cc1ccccc1)Nc1cccc([N+](=O)[O-])c1Br. The van der Waals surface area contributed by atoms with Gasteiger partial charge in [-0.05, 0) is 33.6 Å². The van der Waals surface area contributed by atoms with Crippen LogP contribution < -0.4 is 5.32 Å². The van der Waals surface area contributed by atoms with Crippen LogP contribution in [0.3, 0.4) is 0 Å². The summed E-state index contributed by atoms with van der Waals surface area (Å²) in [6.07, 6.45) is 3.04. The molecule has 0 saturated heterocycles. The summed E-state index contributed by atoms with van der Waals surface area (Å²) in [4.78, 5) is 22.1. The second-order valence-corrected chi connectivity index (χ2v) is 4.92. The van der Waals surface area contributed by atoms with Gasteiger partial charge in [0.15, 0.2) is 0 Å². The quantitative estimate of drug-likeness (QED) is 0.516. The van der Waals surface area contributed by atoms with Gasteiger partial charge in [0.05, 0.1) is 10.6 Å². The second kappa shape index (κ2) is 6.81. The molecule has 0 aliphatic rings. The topological polar surface area (TPSA) is 72.2 Å². The van der Waals surface area contributed by atoms with Gasteiger partial charge in [0.25, 0.3) is 5.69 Å². The Balaban J connectivity index is 2.12. The Bertz CT molecular complexity index is 699. The highest BCUT2D eigenvalue weighted by atomic mass is 79.9. The van der Waals surface area contributed by atoms with Crippen molar-refractivity contribution in [1.29, 1.82) is 0 Å². The zero-order valence-electron chi connectivity index (χ0n) is 10.8. The monoisotopic (exact) mass is 346 g/mol. The molecule has 0 bridgehead atoms. The van der Waals surface area contributed by atoms with Crippen LogP contribution in [0.15, 0.2) is 59.1 Å². The number of nitrogens with zero attached hydrogens (tertiary/aromatic N) is 1. The average Bonchev–Trinajstić information content (AvgIpc) is 2.48. The molecule has 21 heavy (non-hydrogen) atoms. The first-order valence-electron chi connectivity index (χ1n) is 6.05. The average molecular weight is 347 g/mol. The molecule has 2 aromatic carbocycles. The Morgan fingerprint density at radius 3 is 2.52 bits per heavy atom. The van der Waals surface area contributed by atoms with Crippen molar-refractivity contribution in [3.8, 4) is 0 Å². The van der Waals surface area contributed by atoms with Gasteiger partial charge >= 0.3 is 0 Å². The highest BCUT2D eigenvalue weighted by molar-refractivity contribution is 9.10. The van der Waals surface area contributed by atoms with Crippen LogP contribution in [0.25, 0.3) is 6.08 Å². The van der Waals surface area contributed by atoms with Gasteiger partial charge < -0.3 is 5.32 Å². The maximum Gasteiger partial charge on any atom is 0.285 e. The van der Waals surface area contributed by atoms with E-state index in [0.29, 0.717) is 5.69 Å². The number of nitro benzene ring substituents is 1. The lowest BCUT2D eigenvalue weighted by Crippen LogP contribution is -2.08. The van der Waals surface area contributed by atoms with Crippen LogP contribution in [0, 0.1) is 10.1 Å². The van der Waals surface area contributed by atoms with E-state index < -0.39 is 4.92 Å². The molecule has 2 aromatic rings. The fourth-order valence-electron chi connectivity index (χ4n) is 1.67. The smallest absolute Gasteiger partial charge is 0.285 e. The molecular weight excluding hydrogens is 336 g/mol. The minimum absolute atomic E-state index is 0.0974. The number of anilines is 1. The number of nitro groups is 1. The molecule has 0 spiro atoms. The fraction of sp³-hybridized carbons (Fsp3) is 0. The molecule has 0 aliphatic carbocycles. The van der Waals surface area contributed by atoms with Crippen LogP contribution in [0.2, 0.25) is 0 Å². The lowest BCUT2D eigenvalue weighted by molar-refractivity contribution is -0.385. The fourth-order valence-corrected chi connectivity index (χ4v) is 2.18. The largest absolute Gasteiger partial charge is 0.321 e. The summed E-state index contributed by atoms with van der Waals surface area (Å²) < 4.78 is 0.247. The molecule has 0 fully saturated rings. The van der Waals surface area contributed by atoms with Crippen molar-refractivity contribution in [2.75, 3.05) is 5.32 Å². The molecule has 0 radical (unpaired) electrons. The number of nitrogens with one attached hydrogen (secondary N) is 1. The Morgan fingerprint density at radius 1 is 1.14 bits per heavy atom. The number of amides is 1. The summed E-state index contributed by atoms with van der Waals surface area (Å²) in [5.74, 6) is -0.361. The Hall–Kier alpha value is -2.47. The van der Waals surface area contributed by atoms with Crippen LogP contribution in [0.4, 0.5) is 11.4 Å². The van der Waals surface area contributed by atoms with E-state index in [2.05, 4.69) is 21.2 Å². The van der Waals surface area contributed by atoms with Crippen LogP contribution in [0.5, 0.6) is 0 Å². The minimum Gasteiger partial charge on any atom is -0.321 e. The van der Waals surface area contributed by atoms with Gasteiger partial charge in [-0.2, -0.15) is 0 Å².